The summed E-state index contributed by atoms with van der Waals surface area (Å²) in [4.78, 5) is 15.4. The number of rotatable bonds is 4. The number of phenolic OH excluding ortho intramolecular Hbond substituents is 2. The second-order valence-corrected chi connectivity index (χ2v) is 6.47. The van der Waals surface area contributed by atoms with Gasteiger partial charge in [0.25, 0.3) is 0 Å². The fraction of sp³-hybridized carbons (Fsp3) is 0.0526. The maximum atomic E-state index is 11.3. The third kappa shape index (κ3) is 3.49. The lowest BCUT2D eigenvalue weighted by Gasteiger charge is -2.16. The molecule has 3 rings (SSSR count). The molecule has 1 heterocycles. The first-order valence-electron chi connectivity index (χ1n) is 7.68. The Kier molecular flexibility index (Phi) is 5.12. The average molecular weight is 405 g/mol. The highest BCUT2D eigenvalue weighted by atomic mass is 35.5. The van der Waals surface area contributed by atoms with Gasteiger partial charge in [-0.3, -0.25) is 4.79 Å². The first-order chi connectivity index (χ1) is 12.8. The molecule has 6 nitrogen and oxygen atoms in total. The Bertz CT molecular complexity index is 1040. The molecule has 0 saturated carbocycles. The Balaban J connectivity index is 2.33. The highest BCUT2D eigenvalue weighted by molar-refractivity contribution is 6.33. The summed E-state index contributed by atoms with van der Waals surface area (Å²) in [5.41, 5.74) is 7.30. The molecular weight excluding hydrogens is 391 g/mol. The van der Waals surface area contributed by atoms with E-state index in [2.05, 4.69) is 4.98 Å². The maximum Gasteiger partial charge on any atom is 0.248 e. The minimum absolute atomic E-state index is 0.0424. The Hall–Kier alpha value is -2.96. The molecule has 3 aromatic rings. The van der Waals surface area contributed by atoms with Crippen molar-refractivity contribution in [2.45, 2.75) is 0 Å². The van der Waals surface area contributed by atoms with Gasteiger partial charge in [0, 0.05) is 22.9 Å². The van der Waals surface area contributed by atoms with Gasteiger partial charge >= 0.3 is 0 Å². The van der Waals surface area contributed by atoms with Crippen molar-refractivity contribution >= 4 is 29.1 Å². The number of benzene rings is 2. The predicted octanol–water partition coefficient (Wildman–Crippen LogP) is 4.24. The van der Waals surface area contributed by atoms with Crippen LogP contribution in [0, 0.1) is 0 Å². The second kappa shape index (κ2) is 7.34. The van der Waals surface area contributed by atoms with E-state index in [9.17, 15) is 15.0 Å². The highest BCUT2D eigenvalue weighted by Crippen LogP contribution is 2.49. The van der Waals surface area contributed by atoms with E-state index in [0.717, 1.165) is 0 Å². The zero-order valence-electron chi connectivity index (χ0n) is 14.0. The van der Waals surface area contributed by atoms with Gasteiger partial charge in [-0.2, -0.15) is 0 Å². The first-order valence-corrected chi connectivity index (χ1v) is 8.43. The van der Waals surface area contributed by atoms with Crippen molar-refractivity contribution in [3.8, 4) is 39.6 Å². The molecule has 0 fully saturated rings. The number of primary amides is 1. The number of carbonyl (C=O) groups excluding carboxylic acids is 1. The lowest BCUT2D eigenvalue weighted by molar-refractivity contribution is 0.100. The molecule has 0 saturated heterocycles. The highest BCUT2D eigenvalue weighted by Gasteiger charge is 2.22. The van der Waals surface area contributed by atoms with Crippen molar-refractivity contribution in [1.82, 2.24) is 4.98 Å². The number of methoxy groups -OCH3 is 1. The molecule has 138 valence electrons. The van der Waals surface area contributed by atoms with Crippen LogP contribution in [0.4, 0.5) is 0 Å². The minimum atomic E-state index is -0.561. The molecule has 4 N–H and O–H groups in total. The van der Waals surface area contributed by atoms with Gasteiger partial charge in [0.15, 0.2) is 11.5 Å². The molecule has 8 heteroatoms. The fourth-order valence-corrected chi connectivity index (χ4v) is 3.07. The van der Waals surface area contributed by atoms with E-state index in [1.165, 1.54) is 19.4 Å². The zero-order valence-corrected chi connectivity index (χ0v) is 15.5. The monoisotopic (exact) mass is 404 g/mol. The van der Waals surface area contributed by atoms with Crippen molar-refractivity contribution in [2.75, 3.05) is 7.11 Å². The van der Waals surface area contributed by atoms with Gasteiger partial charge < -0.3 is 20.7 Å². The van der Waals surface area contributed by atoms with Crippen molar-refractivity contribution in [1.29, 1.82) is 0 Å². The molecule has 0 aliphatic rings. The number of halogens is 2. The smallest absolute Gasteiger partial charge is 0.248 e. The Morgan fingerprint density at radius 3 is 2.33 bits per heavy atom. The van der Waals surface area contributed by atoms with E-state index in [1.54, 1.807) is 30.3 Å². The lowest BCUT2D eigenvalue weighted by atomic mass is 9.93. The van der Waals surface area contributed by atoms with Gasteiger partial charge in [-0.15, -0.1) is 0 Å². The third-order valence-corrected chi connectivity index (χ3v) is 4.48. The molecule has 1 amide bonds. The van der Waals surface area contributed by atoms with E-state index >= 15 is 0 Å². The number of carbonyl (C=O) groups is 1. The summed E-state index contributed by atoms with van der Waals surface area (Å²) >= 11 is 12.1. The van der Waals surface area contributed by atoms with Gasteiger partial charge in [-0.05, 0) is 35.4 Å². The second-order valence-electron chi connectivity index (χ2n) is 5.63. The Morgan fingerprint density at radius 1 is 1.07 bits per heavy atom. The number of nitrogens with zero attached hydrogens (tertiary/aromatic N) is 1. The van der Waals surface area contributed by atoms with E-state index < -0.39 is 17.4 Å². The quantitative estimate of drug-likeness (QED) is 0.563. The van der Waals surface area contributed by atoms with Gasteiger partial charge in [0.05, 0.1) is 17.2 Å². The summed E-state index contributed by atoms with van der Waals surface area (Å²) in [7, 11) is 1.42. The van der Waals surface area contributed by atoms with Gasteiger partial charge in [0.1, 0.15) is 0 Å². The Morgan fingerprint density at radius 2 is 1.74 bits per heavy atom. The minimum Gasteiger partial charge on any atom is -0.504 e. The molecule has 0 aliphatic carbocycles. The number of nitrogens with two attached hydrogens (primary N) is 1. The van der Waals surface area contributed by atoms with Crippen LogP contribution in [0.1, 0.15) is 10.4 Å². The van der Waals surface area contributed by atoms with Gasteiger partial charge in [0.2, 0.25) is 11.8 Å². The van der Waals surface area contributed by atoms with E-state index in [4.69, 9.17) is 33.7 Å². The van der Waals surface area contributed by atoms with Crippen LogP contribution in [0.15, 0.2) is 42.6 Å². The SMILES string of the molecule is COc1ncc(Cl)cc1-c1c(-c2ccc(C(N)=O)cc2)cc(Cl)c(O)c1O. The predicted molar refractivity (Wildman–Crippen MR) is 104 cm³/mol. The summed E-state index contributed by atoms with van der Waals surface area (Å²) in [6.45, 7) is 0. The van der Waals surface area contributed by atoms with E-state index in [0.29, 0.717) is 27.3 Å². The summed E-state index contributed by atoms with van der Waals surface area (Å²) in [5, 5.41) is 21.0. The van der Waals surface area contributed by atoms with Crippen LogP contribution in [0.5, 0.6) is 17.4 Å². The van der Waals surface area contributed by atoms with Crippen LogP contribution in [0.2, 0.25) is 10.0 Å². The van der Waals surface area contributed by atoms with Crippen LogP contribution in [0.3, 0.4) is 0 Å². The summed E-state index contributed by atoms with van der Waals surface area (Å²) in [5.74, 6) is -1.29. The standard InChI is InChI=1S/C19H14Cl2N2O4/c1-27-19-13(6-11(20)8-23-19)15-12(7-14(21)16(24)17(15)25)9-2-4-10(5-3-9)18(22)26/h2-8,24-25H,1H3,(H2,22,26). The van der Waals surface area contributed by atoms with E-state index in [1.807, 2.05) is 0 Å². The first kappa shape index (κ1) is 18.8. The number of hydrogen-bond acceptors (Lipinski definition) is 5. The van der Waals surface area contributed by atoms with Crippen molar-refractivity contribution < 1.29 is 19.7 Å². The van der Waals surface area contributed by atoms with Gasteiger partial charge in [-0.25, -0.2) is 4.98 Å². The largest absolute Gasteiger partial charge is 0.504 e. The average Bonchev–Trinajstić information content (AvgIpc) is 2.66. The topological polar surface area (TPSA) is 106 Å². The molecule has 0 atom stereocenters. The third-order valence-electron chi connectivity index (χ3n) is 3.99. The van der Waals surface area contributed by atoms with Crippen LogP contribution in [-0.2, 0) is 0 Å². The summed E-state index contributed by atoms with van der Waals surface area (Å²) < 4.78 is 5.26. The number of hydrogen-bond donors (Lipinski definition) is 3. The molecule has 0 spiro atoms. The molecule has 1 aromatic heterocycles. The fourth-order valence-electron chi connectivity index (χ4n) is 2.71. The molecule has 0 aliphatic heterocycles. The maximum absolute atomic E-state index is 11.3. The normalized spacial score (nSPS) is 10.6. The van der Waals surface area contributed by atoms with Crippen molar-refractivity contribution in [3.05, 3.63) is 58.2 Å². The molecule has 0 radical (unpaired) electrons. The van der Waals surface area contributed by atoms with Crippen LogP contribution in [-0.4, -0.2) is 28.2 Å². The number of aromatic hydroxyl groups is 2. The number of amides is 1. The summed E-state index contributed by atoms with van der Waals surface area (Å²) in [6.07, 6.45) is 1.40. The van der Waals surface area contributed by atoms with Crippen LogP contribution >= 0.6 is 23.2 Å². The zero-order chi connectivity index (χ0) is 19.7. The van der Waals surface area contributed by atoms with Crippen molar-refractivity contribution in [2.24, 2.45) is 5.73 Å². The summed E-state index contributed by atoms with van der Waals surface area (Å²) in [6, 6.07) is 9.44. The van der Waals surface area contributed by atoms with Crippen LogP contribution in [0.25, 0.3) is 22.3 Å². The molecule has 0 bridgehead atoms. The molecule has 27 heavy (non-hydrogen) atoms. The van der Waals surface area contributed by atoms with Crippen LogP contribution < -0.4 is 10.5 Å². The van der Waals surface area contributed by atoms with E-state index in [-0.39, 0.29) is 16.5 Å². The number of aromatic nitrogens is 1. The molecule has 2 aromatic carbocycles. The molecular formula is C19H14Cl2N2O4. The van der Waals surface area contributed by atoms with Gasteiger partial charge in [-0.1, -0.05) is 35.3 Å². The number of phenols is 2. The molecule has 0 unspecified atom stereocenters. The van der Waals surface area contributed by atoms with Crippen molar-refractivity contribution in [3.63, 3.8) is 0 Å². The number of pyridine rings is 1. The Labute approximate surface area is 164 Å². The lowest BCUT2D eigenvalue weighted by Crippen LogP contribution is -2.10. The number of ether oxygens (including phenoxy) is 1.